The van der Waals surface area contributed by atoms with Gasteiger partial charge in [0.1, 0.15) is 5.78 Å². The van der Waals surface area contributed by atoms with Gasteiger partial charge >= 0.3 is 0 Å². The number of hydrogen-bond acceptors (Lipinski definition) is 3. The summed E-state index contributed by atoms with van der Waals surface area (Å²) in [7, 11) is 1.10. The van der Waals surface area contributed by atoms with Gasteiger partial charge in [0, 0.05) is 0 Å². The van der Waals surface area contributed by atoms with Gasteiger partial charge in [-0.3, -0.25) is 9.59 Å². The van der Waals surface area contributed by atoms with Crippen molar-refractivity contribution >= 4 is 11.6 Å². The van der Waals surface area contributed by atoms with E-state index >= 15 is 0 Å². The Morgan fingerprint density at radius 1 is 1.31 bits per heavy atom. The highest BCUT2D eigenvalue weighted by molar-refractivity contribution is 6.07. The number of hydrogen-bond donors (Lipinski definition) is 0. The molecule has 5 heteroatoms. The third kappa shape index (κ3) is 2.42. The van der Waals surface area contributed by atoms with Crippen LogP contribution in [0.5, 0.6) is 5.75 Å². The van der Waals surface area contributed by atoms with Gasteiger partial charge in [-0.25, -0.2) is 8.78 Å². The van der Waals surface area contributed by atoms with Gasteiger partial charge in [0.05, 0.1) is 19.1 Å². The Kier molecular flexibility index (Phi) is 3.71. The van der Waals surface area contributed by atoms with E-state index in [-0.39, 0.29) is 11.3 Å². The van der Waals surface area contributed by atoms with Crippen LogP contribution in [0.1, 0.15) is 23.7 Å². The van der Waals surface area contributed by atoms with E-state index in [1.165, 1.54) is 6.92 Å². The summed E-state index contributed by atoms with van der Waals surface area (Å²) in [4.78, 5) is 22.1. The monoisotopic (exact) mass is 228 g/mol. The summed E-state index contributed by atoms with van der Waals surface area (Å²) in [6.45, 7) is 1.22. The molecule has 0 saturated carbocycles. The van der Waals surface area contributed by atoms with Gasteiger partial charge in [-0.1, -0.05) is 0 Å². The molecule has 0 N–H and O–H groups in total. The zero-order valence-corrected chi connectivity index (χ0v) is 8.84. The van der Waals surface area contributed by atoms with Crippen LogP contribution in [0.25, 0.3) is 0 Å². The summed E-state index contributed by atoms with van der Waals surface area (Å²) in [5, 5.41) is 0. The lowest BCUT2D eigenvalue weighted by Gasteiger charge is -2.06. The van der Waals surface area contributed by atoms with Crippen LogP contribution < -0.4 is 4.74 Å². The van der Waals surface area contributed by atoms with Gasteiger partial charge in [0.15, 0.2) is 23.2 Å². The predicted octanol–water partition coefficient (Wildman–Crippen LogP) is 2.14. The Bertz CT molecular complexity index is 441. The van der Waals surface area contributed by atoms with E-state index in [1.807, 2.05) is 0 Å². The standard InChI is InChI=1S/C11H10F2O3/c1-6(14)5-9(15)7-3-4-8(12)11(16-2)10(7)13/h3-4H,5H2,1-2H3. The minimum Gasteiger partial charge on any atom is -0.491 e. The topological polar surface area (TPSA) is 43.4 Å². The van der Waals surface area contributed by atoms with Gasteiger partial charge < -0.3 is 4.74 Å². The molecule has 0 heterocycles. The van der Waals surface area contributed by atoms with E-state index in [1.54, 1.807) is 0 Å². The van der Waals surface area contributed by atoms with Crippen molar-refractivity contribution in [2.45, 2.75) is 13.3 Å². The maximum Gasteiger partial charge on any atom is 0.191 e. The fourth-order valence-electron chi connectivity index (χ4n) is 1.26. The predicted molar refractivity (Wildman–Crippen MR) is 52.5 cm³/mol. The molecule has 1 aromatic carbocycles. The molecule has 0 saturated heterocycles. The molecule has 0 radical (unpaired) electrons. The van der Waals surface area contributed by atoms with Crippen LogP contribution in [-0.4, -0.2) is 18.7 Å². The average molecular weight is 228 g/mol. The number of Topliss-reactive ketones (excluding diaryl/α,β-unsaturated/α-hetero) is 2. The summed E-state index contributed by atoms with van der Waals surface area (Å²) in [5.41, 5.74) is -0.339. The van der Waals surface area contributed by atoms with Crippen LogP contribution in [0.4, 0.5) is 8.78 Å². The van der Waals surface area contributed by atoms with E-state index in [0.717, 1.165) is 19.2 Å². The summed E-state index contributed by atoms with van der Waals surface area (Å²) in [6.07, 6.45) is -0.411. The first kappa shape index (κ1) is 12.3. The van der Waals surface area contributed by atoms with Crippen LogP contribution in [-0.2, 0) is 4.79 Å². The summed E-state index contributed by atoms with van der Waals surface area (Å²) in [5.74, 6) is -3.65. The Morgan fingerprint density at radius 2 is 1.94 bits per heavy atom. The highest BCUT2D eigenvalue weighted by Crippen LogP contribution is 2.24. The lowest BCUT2D eigenvalue weighted by atomic mass is 10.1. The zero-order chi connectivity index (χ0) is 12.3. The molecule has 1 aromatic rings. The van der Waals surface area contributed by atoms with Crippen LogP contribution in [0.2, 0.25) is 0 Å². The molecular formula is C11H10F2O3. The molecule has 0 amide bonds. The number of rotatable bonds is 4. The number of methoxy groups -OCH3 is 1. The fourth-order valence-corrected chi connectivity index (χ4v) is 1.26. The normalized spacial score (nSPS) is 10.0. The smallest absolute Gasteiger partial charge is 0.191 e. The van der Waals surface area contributed by atoms with Gasteiger partial charge in [-0.2, -0.15) is 0 Å². The van der Waals surface area contributed by atoms with E-state index in [2.05, 4.69) is 4.74 Å². The lowest BCUT2D eigenvalue weighted by molar-refractivity contribution is -0.116. The van der Waals surface area contributed by atoms with Crippen molar-refractivity contribution in [3.63, 3.8) is 0 Å². The van der Waals surface area contributed by atoms with Gasteiger partial charge in [0.25, 0.3) is 0 Å². The molecule has 0 aliphatic rings. The first-order valence-electron chi connectivity index (χ1n) is 4.52. The average Bonchev–Trinajstić information content (AvgIpc) is 2.17. The van der Waals surface area contributed by atoms with Gasteiger partial charge in [0.2, 0.25) is 0 Å². The maximum atomic E-state index is 13.5. The first-order chi connectivity index (χ1) is 7.47. The van der Waals surface area contributed by atoms with E-state index in [9.17, 15) is 18.4 Å². The summed E-state index contributed by atoms with van der Waals surface area (Å²) in [6, 6.07) is 1.92. The van der Waals surface area contributed by atoms with Crippen molar-refractivity contribution in [3.8, 4) is 5.75 Å². The summed E-state index contributed by atoms with van der Waals surface area (Å²) < 4.78 is 31.0. The Labute approximate surface area is 91.0 Å². The van der Waals surface area contributed by atoms with Crippen molar-refractivity contribution in [3.05, 3.63) is 29.3 Å². The molecule has 0 fully saturated rings. The van der Waals surface area contributed by atoms with E-state index in [0.29, 0.717) is 0 Å². The van der Waals surface area contributed by atoms with Crippen molar-refractivity contribution < 1.29 is 23.1 Å². The molecule has 0 aliphatic carbocycles. The van der Waals surface area contributed by atoms with Gasteiger partial charge in [-0.15, -0.1) is 0 Å². The van der Waals surface area contributed by atoms with Crippen molar-refractivity contribution in [1.29, 1.82) is 0 Å². The highest BCUT2D eigenvalue weighted by atomic mass is 19.1. The number of benzene rings is 1. The highest BCUT2D eigenvalue weighted by Gasteiger charge is 2.19. The van der Waals surface area contributed by atoms with Crippen molar-refractivity contribution in [2.75, 3.05) is 7.11 Å². The first-order valence-corrected chi connectivity index (χ1v) is 4.52. The second kappa shape index (κ2) is 4.83. The second-order valence-electron chi connectivity index (χ2n) is 3.24. The van der Waals surface area contributed by atoms with E-state index in [4.69, 9.17) is 0 Å². The molecular weight excluding hydrogens is 218 g/mol. The number of carbonyl (C=O) groups is 2. The molecule has 16 heavy (non-hydrogen) atoms. The second-order valence-corrected chi connectivity index (χ2v) is 3.24. The minimum absolute atomic E-state index is 0.339. The Morgan fingerprint density at radius 3 is 2.44 bits per heavy atom. The maximum absolute atomic E-state index is 13.5. The quantitative estimate of drug-likeness (QED) is 0.585. The minimum atomic E-state index is -1.08. The van der Waals surface area contributed by atoms with Gasteiger partial charge in [-0.05, 0) is 19.1 Å². The molecule has 0 aromatic heterocycles. The lowest BCUT2D eigenvalue weighted by Crippen LogP contribution is -2.08. The molecule has 0 unspecified atom stereocenters. The molecule has 3 nitrogen and oxygen atoms in total. The fraction of sp³-hybridized carbons (Fsp3) is 0.273. The molecule has 0 aliphatic heterocycles. The van der Waals surface area contributed by atoms with Crippen molar-refractivity contribution in [2.24, 2.45) is 0 Å². The molecule has 1 rings (SSSR count). The Hall–Kier alpha value is -1.78. The number of ether oxygens (including phenoxy) is 1. The van der Waals surface area contributed by atoms with E-state index < -0.39 is 29.6 Å². The number of carbonyl (C=O) groups excluding carboxylic acids is 2. The van der Waals surface area contributed by atoms with Crippen LogP contribution in [0.15, 0.2) is 12.1 Å². The zero-order valence-electron chi connectivity index (χ0n) is 8.84. The van der Waals surface area contributed by atoms with Crippen LogP contribution in [0.3, 0.4) is 0 Å². The number of halogens is 2. The number of ketones is 2. The van der Waals surface area contributed by atoms with Crippen LogP contribution >= 0.6 is 0 Å². The third-order valence-electron chi connectivity index (χ3n) is 1.96. The third-order valence-corrected chi connectivity index (χ3v) is 1.96. The molecule has 0 spiro atoms. The SMILES string of the molecule is COc1c(F)ccc(C(=O)CC(C)=O)c1F. The van der Waals surface area contributed by atoms with Crippen molar-refractivity contribution in [1.82, 2.24) is 0 Å². The molecule has 0 atom stereocenters. The molecule has 86 valence electrons. The Balaban J connectivity index is 3.15. The largest absolute Gasteiger partial charge is 0.491 e. The summed E-state index contributed by atoms with van der Waals surface area (Å²) >= 11 is 0. The van der Waals surface area contributed by atoms with Crippen LogP contribution in [0, 0.1) is 11.6 Å². The molecule has 0 bridgehead atoms.